The molecule has 13 heavy (non-hydrogen) atoms. The SMILES string of the molecule is N#CNC(N)=Nc1ccc(F)cc1. The van der Waals surface area contributed by atoms with Crippen molar-refractivity contribution in [3.05, 3.63) is 30.1 Å². The Bertz CT molecular complexity index is 349. The molecular formula is C8H7FN4. The Kier molecular flexibility index (Phi) is 2.82. The van der Waals surface area contributed by atoms with Crippen LogP contribution in [0.3, 0.4) is 0 Å². The molecule has 66 valence electrons. The molecule has 0 radical (unpaired) electrons. The van der Waals surface area contributed by atoms with Crippen LogP contribution in [0.25, 0.3) is 0 Å². The summed E-state index contributed by atoms with van der Waals surface area (Å²) in [5.41, 5.74) is 5.76. The number of benzene rings is 1. The van der Waals surface area contributed by atoms with Crippen LogP contribution in [0.4, 0.5) is 10.1 Å². The van der Waals surface area contributed by atoms with E-state index >= 15 is 0 Å². The first kappa shape index (κ1) is 9.00. The number of hydrogen-bond donors (Lipinski definition) is 2. The van der Waals surface area contributed by atoms with Crippen LogP contribution in [-0.2, 0) is 0 Å². The van der Waals surface area contributed by atoms with Crippen molar-refractivity contribution in [2.24, 2.45) is 10.7 Å². The lowest BCUT2D eigenvalue weighted by atomic mass is 10.3. The Morgan fingerprint density at radius 3 is 2.62 bits per heavy atom. The zero-order chi connectivity index (χ0) is 9.68. The second kappa shape index (κ2) is 4.07. The van der Waals surface area contributed by atoms with E-state index in [1.165, 1.54) is 24.3 Å². The third-order valence-corrected chi connectivity index (χ3v) is 1.26. The minimum absolute atomic E-state index is 0.0193. The van der Waals surface area contributed by atoms with E-state index in [9.17, 15) is 4.39 Å². The van der Waals surface area contributed by atoms with Gasteiger partial charge in [-0.2, -0.15) is 5.26 Å². The lowest BCUT2D eigenvalue weighted by Crippen LogP contribution is -2.26. The summed E-state index contributed by atoms with van der Waals surface area (Å²) < 4.78 is 12.4. The summed E-state index contributed by atoms with van der Waals surface area (Å²) in [5, 5.41) is 10.3. The fourth-order valence-corrected chi connectivity index (χ4v) is 0.740. The molecule has 4 nitrogen and oxygen atoms in total. The number of hydrogen-bond acceptors (Lipinski definition) is 2. The Morgan fingerprint density at radius 1 is 1.46 bits per heavy atom. The molecule has 0 amide bonds. The fourth-order valence-electron chi connectivity index (χ4n) is 0.740. The van der Waals surface area contributed by atoms with Gasteiger partial charge >= 0.3 is 0 Å². The van der Waals surface area contributed by atoms with Crippen LogP contribution in [-0.4, -0.2) is 5.96 Å². The first-order chi connectivity index (χ1) is 6.22. The van der Waals surface area contributed by atoms with Crippen LogP contribution in [0.1, 0.15) is 0 Å². The molecule has 0 bridgehead atoms. The highest BCUT2D eigenvalue weighted by molar-refractivity contribution is 5.82. The van der Waals surface area contributed by atoms with Crippen molar-refractivity contribution < 1.29 is 4.39 Å². The van der Waals surface area contributed by atoms with Gasteiger partial charge in [0.1, 0.15) is 5.82 Å². The van der Waals surface area contributed by atoms with Crippen molar-refractivity contribution in [3.63, 3.8) is 0 Å². The van der Waals surface area contributed by atoms with Gasteiger partial charge in [-0.15, -0.1) is 0 Å². The maximum absolute atomic E-state index is 12.4. The van der Waals surface area contributed by atoms with Gasteiger partial charge in [0.25, 0.3) is 0 Å². The first-order valence-electron chi connectivity index (χ1n) is 3.47. The highest BCUT2D eigenvalue weighted by Gasteiger charge is 1.92. The number of aliphatic imine (C=N–C) groups is 1. The molecule has 1 aromatic carbocycles. The van der Waals surface area contributed by atoms with E-state index in [0.29, 0.717) is 5.69 Å². The molecule has 1 aromatic rings. The predicted octanol–water partition coefficient (Wildman–Crippen LogP) is 0.843. The molecule has 0 aliphatic carbocycles. The van der Waals surface area contributed by atoms with E-state index in [-0.39, 0.29) is 11.8 Å². The van der Waals surface area contributed by atoms with Crippen molar-refractivity contribution >= 4 is 11.6 Å². The van der Waals surface area contributed by atoms with Crippen molar-refractivity contribution in [1.82, 2.24) is 5.32 Å². The lowest BCUT2D eigenvalue weighted by Gasteiger charge is -1.96. The van der Waals surface area contributed by atoms with Crippen LogP contribution < -0.4 is 11.1 Å². The summed E-state index contributed by atoms with van der Waals surface area (Å²) in [4.78, 5) is 3.78. The normalized spacial score (nSPS) is 10.6. The number of nitrogens with zero attached hydrogens (tertiary/aromatic N) is 2. The summed E-state index contributed by atoms with van der Waals surface area (Å²) in [6, 6.07) is 5.44. The minimum atomic E-state index is -0.342. The first-order valence-corrected chi connectivity index (χ1v) is 3.47. The van der Waals surface area contributed by atoms with Crippen LogP contribution in [0.15, 0.2) is 29.3 Å². The number of halogens is 1. The van der Waals surface area contributed by atoms with E-state index in [1.54, 1.807) is 6.19 Å². The number of nitrogens with two attached hydrogens (primary N) is 1. The molecule has 5 heteroatoms. The van der Waals surface area contributed by atoms with Gasteiger partial charge in [-0.1, -0.05) is 0 Å². The van der Waals surface area contributed by atoms with E-state index in [0.717, 1.165) is 0 Å². The van der Waals surface area contributed by atoms with E-state index in [4.69, 9.17) is 11.0 Å². The molecule has 0 atom stereocenters. The summed E-state index contributed by atoms with van der Waals surface area (Å²) in [6.45, 7) is 0. The van der Waals surface area contributed by atoms with Crippen LogP contribution >= 0.6 is 0 Å². The number of guanidine groups is 1. The third kappa shape index (κ3) is 2.79. The second-order valence-electron chi connectivity index (χ2n) is 2.21. The van der Waals surface area contributed by atoms with Gasteiger partial charge in [-0.25, -0.2) is 9.38 Å². The minimum Gasteiger partial charge on any atom is -0.369 e. The number of nitriles is 1. The topological polar surface area (TPSA) is 74.2 Å². The fraction of sp³-hybridized carbons (Fsp3) is 0. The van der Waals surface area contributed by atoms with Gasteiger partial charge in [0, 0.05) is 0 Å². The summed E-state index contributed by atoms with van der Waals surface area (Å²) in [6.07, 6.45) is 1.62. The standard InChI is InChI=1S/C8H7FN4/c9-6-1-3-7(4-2-6)13-8(11)12-5-10/h1-4H,(H3,11,12,13). The van der Waals surface area contributed by atoms with E-state index in [2.05, 4.69) is 10.3 Å². The summed E-state index contributed by atoms with van der Waals surface area (Å²) in [7, 11) is 0. The quantitative estimate of drug-likeness (QED) is 0.289. The molecule has 0 aromatic heterocycles. The highest BCUT2D eigenvalue weighted by atomic mass is 19.1. The Balaban J connectivity index is 2.80. The molecule has 0 saturated heterocycles. The molecule has 0 unspecified atom stereocenters. The van der Waals surface area contributed by atoms with E-state index in [1.807, 2.05) is 0 Å². The van der Waals surface area contributed by atoms with Gasteiger partial charge in [-0.3, -0.25) is 5.32 Å². The van der Waals surface area contributed by atoms with Crippen molar-refractivity contribution in [1.29, 1.82) is 5.26 Å². The smallest absolute Gasteiger partial charge is 0.207 e. The van der Waals surface area contributed by atoms with Crippen molar-refractivity contribution in [2.75, 3.05) is 0 Å². The Labute approximate surface area is 74.5 Å². The summed E-state index contributed by atoms with van der Waals surface area (Å²) in [5.74, 6) is -0.361. The Morgan fingerprint density at radius 2 is 2.08 bits per heavy atom. The van der Waals surface area contributed by atoms with Gasteiger partial charge < -0.3 is 5.73 Å². The second-order valence-corrected chi connectivity index (χ2v) is 2.21. The predicted molar refractivity (Wildman–Crippen MR) is 46.4 cm³/mol. The summed E-state index contributed by atoms with van der Waals surface area (Å²) >= 11 is 0. The highest BCUT2D eigenvalue weighted by Crippen LogP contribution is 2.11. The van der Waals surface area contributed by atoms with E-state index < -0.39 is 0 Å². The molecule has 0 heterocycles. The van der Waals surface area contributed by atoms with Crippen molar-refractivity contribution in [3.8, 4) is 6.19 Å². The zero-order valence-corrected chi connectivity index (χ0v) is 6.66. The average Bonchev–Trinajstić information content (AvgIpc) is 2.09. The molecule has 0 saturated carbocycles. The molecule has 1 rings (SSSR count). The van der Waals surface area contributed by atoms with Crippen LogP contribution in [0.5, 0.6) is 0 Å². The van der Waals surface area contributed by atoms with Crippen molar-refractivity contribution in [2.45, 2.75) is 0 Å². The molecule has 0 fully saturated rings. The molecule has 0 aliphatic heterocycles. The van der Waals surface area contributed by atoms with Gasteiger partial charge in [0.05, 0.1) is 5.69 Å². The van der Waals surface area contributed by atoms with Gasteiger partial charge in [0.15, 0.2) is 6.19 Å². The third-order valence-electron chi connectivity index (χ3n) is 1.26. The number of nitrogens with one attached hydrogen (secondary N) is 1. The molecule has 0 aliphatic rings. The van der Waals surface area contributed by atoms with Gasteiger partial charge in [-0.05, 0) is 24.3 Å². The molecule has 3 N–H and O–H groups in total. The maximum atomic E-state index is 12.4. The molecular weight excluding hydrogens is 171 g/mol. The van der Waals surface area contributed by atoms with Crippen LogP contribution in [0, 0.1) is 17.3 Å². The monoisotopic (exact) mass is 178 g/mol. The Hall–Kier alpha value is -2.09. The largest absolute Gasteiger partial charge is 0.369 e. The van der Waals surface area contributed by atoms with Crippen LogP contribution in [0.2, 0.25) is 0 Å². The maximum Gasteiger partial charge on any atom is 0.207 e. The zero-order valence-electron chi connectivity index (χ0n) is 6.66. The number of rotatable bonds is 1. The lowest BCUT2D eigenvalue weighted by molar-refractivity contribution is 0.628. The van der Waals surface area contributed by atoms with Gasteiger partial charge in [0.2, 0.25) is 5.96 Å². The molecule has 0 spiro atoms. The average molecular weight is 178 g/mol.